The van der Waals surface area contributed by atoms with E-state index in [1.807, 2.05) is 0 Å². The summed E-state index contributed by atoms with van der Waals surface area (Å²) in [5.74, 6) is -2.13. The molecule has 0 radical (unpaired) electrons. The quantitative estimate of drug-likeness (QED) is 0.835. The molecule has 0 bridgehead atoms. The number of sulfonamides is 1. The Balaban J connectivity index is 0.00000208. The third-order valence-corrected chi connectivity index (χ3v) is 6.18. The molecular weight excluding hydrogens is 364 g/mol. The third kappa shape index (κ3) is 3.39. The van der Waals surface area contributed by atoms with E-state index in [2.05, 4.69) is 0 Å². The number of rotatable bonds is 3. The number of hydrogen-bond acceptors (Lipinski definition) is 4. The van der Waals surface area contributed by atoms with Crippen molar-refractivity contribution in [1.29, 1.82) is 0 Å². The van der Waals surface area contributed by atoms with Gasteiger partial charge in [0.2, 0.25) is 15.9 Å². The molecule has 24 heavy (non-hydrogen) atoms. The van der Waals surface area contributed by atoms with Gasteiger partial charge in [0.05, 0.1) is 5.54 Å². The van der Waals surface area contributed by atoms with Crippen LogP contribution in [0.2, 0.25) is 0 Å². The lowest BCUT2D eigenvalue weighted by atomic mass is 10.2. The fourth-order valence-corrected chi connectivity index (χ4v) is 4.09. The van der Waals surface area contributed by atoms with E-state index in [1.165, 1.54) is 0 Å². The highest BCUT2D eigenvalue weighted by Gasteiger charge is 2.48. The van der Waals surface area contributed by atoms with Gasteiger partial charge in [0.25, 0.3) is 0 Å². The molecule has 0 spiro atoms. The smallest absolute Gasteiger partial charge is 0.246 e. The highest BCUT2D eigenvalue weighted by atomic mass is 35.5. The van der Waals surface area contributed by atoms with E-state index in [0.29, 0.717) is 18.9 Å². The van der Waals surface area contributed by atoms with Crippen LogP contribution in [0.25, 0.3) is 0 Å². The summed E-state index contributed by atoms with van der Waals surface area (Å²) in [6.07, 6.45) is 1.29. The van der Waals surface area contributed by atoms with Crippen LogP contribution in [0.3, 0.4) is 0 Å². The van der Waals surface area contributed by atoms with Crippen LogP contribution in [-0.2, 0) is 14.8 Å². The number of nitrogens with two attached hydrogens (primary N) is 1. The second kappa shape index (κ2) is 6.55. The fraction of sp³-hybridized carbons (Fsp3) is 0.500. The lowest BCUT2D eigenvalue weighted by Gasteiger charge is -2.35. The number of hydrogen-bond donors (Lipinski definition) is 1. The van der Waals surface area contributed by atoms with Crippen molar-refractivity contribution in [3.8, 4) is 0 Å². The first-order chi connectivity index (χ1) is 10.7. The molecule has 2 aliphatic rings. The van der Waals surface area contributed by atoms with Crippen LogP contribution in [0.15, 0.2) is 23.1 Å². The number of nitrogens with zero attached hydrogens (tertiary/aromatic N) is 2. The van der Waals surface area contributed by atoms with E-state index in [-0.39, 0.29) is 44.5 Å². The lowest BCUT2D eigenvalue weighted by Crippen LogP contribution is -2.55. The van der Waals surface area contributed by atoms with Gasteiger partial charge in [-0.15, -0.1) is 12.4 Å². The van der Waals surface area contributed by atoms with Gasteiger partial charge in [0, 0.05) is 32.2 Å². The number of amides is 1. The van der Waals surface area contributed by atoms with E-state index >= 15 is 0 Å². The van der Waals surface area contributed by atoms with Crippen LogP contribution < -0.4 is 5.73 Å². The molecule has 134 valence electrons. The molecule has 10 heteroatoms. The van der Waals surface area contributed by atoms with Gasteiger partial charge in [-0.2, -0.15) is 4.31 Å². The maximum atomic E-state index is 13.7. The van der Waals surface area contributed by atoms with Gasteiger partial charge < -0.3 is 10.6 Å². The Bertz CT molecular complexity index is 748. The first-order valence-corrected chi connectivity index (χ1v) is 8.71. The van der Waals surface area contributed by atoms with Crippen LogP contribution in [0.1, 0.15) is 12.8 Å². The normalized spacial score (nSPS) is 20.4. The molecule has 3 rings (SSSR count). The predicted molar refractivity (Wildman–Crippen MR) is 85.1 cm³/mol. The van der Waals surface area contributed by atoms with Crippen LogP contribution in [0.5, 0.6) is 0 Å². The summed E-state index contributed by atoms with van der Waals surface area (Å²) in [7, 11) is -4.06. The van der Waals surface area contributed by atoms with E-state index in [0.717, 1.165) is 16.4 Å². The highest BCUT2D eigenvalue weighted by Crippen LogP contribution is 2.34. The molecule has 0 unspecified atom stereocenters. The Labute approximate surface area is 145 Å². The average Bonchev–Trinajstić information content (AvgIpc) is 3.25. The van der Waals surface area contributed by atoms with Gasteiger partial charge >= 0.3 is 0 Å². The maximum absolute atomic E-state index is 13.7. The number of benzene rings is 1. The molecule has 0 atom stereocenters. The monoisotopic (exact) mass is 381 g/mol. The molecule has 1 aliphatic heterocycles. The number of carbonyl (C=O) groups excluding carboxylic acids is 1. The molecule has 2 N–H and O–H groups in total. The average molecular weight is 382 g/mol. The second-order valence-electron chi connectivity index (χ2n) is 5.93. The van der Waals surface area contributed by atoms with Crippen molar-refractivity contribution in [2.75, 3.05) is 26.2 Å². The van der Waals surface area contributed by atoms with Gasteiger partial charge in [-0.3, -0.25) is 4.79 Å². The predicted octanol–water partition coefficient (Wildman–Crippen LogP) is 0.711. The standard InChI is InChI=1S/C14H17F2N3O3S.ClH/c15-10-1-2-12(11(16)9-10)23(21,22)19-7-5-18(6-8-19)13(20)14(17)3-4-14;/h1-2,9H,3-8,17H2;1H. The summed E-state index contributed by atoms with van der Waals surface area (Å²) < 4.78 is 52.7. The number of carbonyl (C=O) groups is 1. The molecule has 2 fully saturated rings. The Kier molecular flexibility index (Phi) is 5.19. The van der Waals surface area contributed by atoms with E-state index < -0.39 is 32.1 Å². The lowest BCUT2D eigenvalue weighted by molar-refractivity contribution is -0.134. The van der Waals surface area contributed by atoms with Crippen molar-refractivity contribution in [2.24, 2.45) is 5.73 Å². The second-order valence-corrected chi connectivity index (χ2v) is 7.83. The fourth-order valence-electron chi connectivity index (χ4n) is 2.62. The molecular formula is C14H18ClF2N3O3S. The maximum Gasteiger partial charge on any atom is 0.246 e. The summed E-state index contributed by atoms with van der Waals surface area (Å²) in [5.41, 5.74) is 5.07. The highest BCUT2D eigenvalue weighted by molar-refractivity contribution is 7.89. The van der Waals surface area contributed by atoms with Crippen molar-refractivity contribution in [3.05, 3.63) is 29.8 Å². The van der Waals surface area contributed by atoms with Crippen LogP contribution in [0.4, 0.5) is 8.78 Å². The van der Waals surface area contributed by atoms with Crippen LogP contribution in [-0.4, -0.2) is 55.2 Å². The molecule has 1 aromatic carbocycles. The summed E-state index contributed by atoms with van der Waals surface area (Å²) >= 11 is 0. The van der Waals surface area contributed by atoms with Gasteiger partial charge in [-0.1, -0.05) is 0 Å². The minimum atomic E-state index is -4.06. The zero-order valence-corrected chi connectivity index (χ0v) is 14.4. The van der Waals surface area contributed by atoms with Crippen molar-refractivity contribution in [3.63, 3.8) is 0 Å². The van der Waals surface area contributed by atoms with E-state index in [9.17, 15) is 22.0 Å². The molecule has 1 saturated carbocycles. The van der Waals surface area contributed by atoms with E-state index in [1.54, 1.807) is 4.90 Å². The van der Waals surface area contributed by atoms with Gasteiger partial charge in [0.15, 0.2) is 0 Å². The molecule has 1 heterocycles. The minimum absolute atomic E-state index is 0. The van der Waals surface area contributed by atoms with E-state index in [4.69, 9.17) is 5.73 Å². The molecule has 1 aromatic rings. The summed E-state index contributed by atoms with van der Waals surface area (Å²) in [4.78, 5) is 13.1. The van der Waals surface area contributed by atoms with Crippen molar-refractivity contribution in [2.45, 2.75) is 23.3 Å². The van der Waals surface area contributed by atoms with Crippen molar-refractivity contribution >= 4 is 28.3 Å². The molecule has 0 aromatic heterocycles. The number of halogens is 3. The molecule has 6 nitrogen and oxygen atoms in total. The first-order valence-electron chi connectivity index (χ1n) is 7.27. The van der Waals surface area contributed by atoms with Gasteiger partial charge in [-0.05, 0) is 25.0 Å². The Morgan fingerprint density at radius 2 is 1.71 bits per heavy atom. The van der Waals surface area contributed by atoms with Gasteiger partial charge in [-0.25, -0.2) is 17.2 Å². The topological polar surface area (TPSA) is 83.7 Å². The zero-order valence-electron chi connectivity index (χ0n) is 12.7. The molecule has 1 amide bonds. The van der Waals surface area contributed by atoms with Crippen LogP contribution in [0, 0.1) is 11.6 Å². The third-order valence-electron chi connectivity index (χ3n) is 4.25. The molecule has 1 aliphatic carbocycles. The Morgan fingerprint density at radius 1 is 1.12 bits per heavy atom. The van der Waals surface area contributed by atoms with Crippen LogP contribution >= 0.6 is 12.4 Å². The summed E-state index contributed by atoms with van der Waals surface area (Å²) in [6.45, 7) is 0.529. The summed E-state index contributed by atoms with van der Waals surface area (Å²) in [6, 6.07) is 2.36. The SMILES string of the molecule is Cl.NC1(C(=O)N2CCN(S(=O)(=O)c3ccc(F)cc3F)CC2)CC1. The minimum Gasteiger partial charge on any atom is -0.338 e. The largest absolute Gasteiger partial charge is 0.338 e. The summed E-state index contributed by atoms with van der Waals surface area (Å²) in [5, 5.41) is 0. The Hall–Kier alpha value is -1.29. The Morgan fingerprint density at radius 3 is 2.21 bits per heavy atom. The molecule has 1 saturated heterocycles. The first kappa shape index (κ1) is 19.0. The van der Waals surface area contributed by atoms with Crippen molar-refractivity contribution in [1.82, 2.24) is 9.21 Å². The number of piperazine rings is 1. The zero-order chi connectivity index (χ0) is 16.8. The van der Waals surface area contributed by atoms with Gasteiger partial charge in [0.1, 0.15) is 16.5 Å². The van der Waals surface area contributed by atoms with Crippen molar-refractivity contribution < 1.29 is 22.0 Å².